The molecule has 3 N–H and O–H groups in total. The van der Waals surface area contributed by atoms with Crippen molar-refractivity contribution in [3.63, 3.8) is 0 Å². The summed E-state index contributed by atoms with van der Waals surface area (Å²) in [6.45, 7) is 0.265. The number of aromatic nitrogens is 1. The fourth-order valence-corrected chi connectivity index (χ4v) is 2.76. The second kappa shape index (κ2) is 9.53. The van der Waals surface area contributed by atoms with Crippen molar-refractivity contribution in [2.45, 2.75) is 25.7 Å². The lowest BCUT2D eigenvalue weighted by Gasteiger charge is -2.02. The van der Waals surface area contributed by atoms with Crippen LogP contribution in [0.15, 0.2) is 35.7 Å². The van der Waals surface area contributed by atoms with Crippen molar-refractivity contribution in [3.8, 4) is 0 Å². The van der Waals surface area contributed by atoms with Crippen LogP contribution in [-0.2, 0) is 16.0 Å². The highest BCUT2D eigenvalue weighted by Crippen LogP contribution is 2.16. The highest BCUT2D eigenvalue weighted by Gasteiger charge is 2.12. The number of amides is 2. The van der Waals surface area contributed by atoms with Gasteiger partial charge < -0.3 is 15.7 Å². The number of carbonyl (C=O) groups excluding carboxylic acids is 2. The molecule has 0 bridgehead atoms. The van der Waals surface area contributed by atoms with Crippen LogP contribution in [0.25, 0.3) is 0 Å². The highest BCUT2D eigenvalue weighted by atomic mass is 32.1. The van der Waals surface area contributed by atoms with E-state index in [-0.39, 0.29) is 30.5 Å². The Kier molecular flexibility index (Phi) is 7.09. The van der Waals surface area contributed by atoms with Crippen molar-refractivity contribution in [1.82, 2.24) is 10.3 Å². The normalized spacial score (nSPS) is 10.2. The van der Waals surface area contributed by atoms with Crippen molar-refractivity contribution < 1.29 is 19.5 Å². The van der Waals surface area contributed by atoms with E-state index in [1.807, 2.05) is 30.3 Å². The molecule has 2 amide bonds. The van der Waals surface area contributed by atoms with Crippen LogP contribution in [0.3, 0.4) is 0 Å². The molecule has 0 radical (unpaired) electrons. The SMILES string of the molecule is O=C(O)CCCNC(=O)c1csc(NC(=O)CCc2ccccc2)n1. The number of hydrogen-bond donors (Lipinski definition) is 3. The number of anilines is 1. The first kappa shape index (κ1) is 18.6. The minimum absolute atomic E-state index is 0.0000666. The van der Waals surface area contributed by atoms with Gasteiger partial charge in [0.1, 0.15) is 5.69 Å². The standard InChI is InChI=1S/C17H19N3O4S/c21-14(9-8-12-5-2-1-3-6-12)20-17-19-13(11-25-17)16(24)18-10-4-7-15(22)23/h1-3,5-6,11H,4,7-10H2,(H,18,24)(H,22,23)(H,19,20,21). The monoisotopic (exact) mass is 361 g/mol. The molecule has 2 aromatic rings. The zero-order chi connectivity index (χ0) is 18.1. The topological polar surface area (TPSA) is 108 Å². The molecule has 7 nitrogen and oxygen atoms in total. The zero-order valence-electron chi connectivity index (χ0n) is 13.5. The molecule has 2 rings (SSSR count). The summed E-state index contributed by atoms with van der Waals surface area (Å²) in [6, 6.07) is 9.70. The Morgan fingerprint density at radius 1 is 1.12 bits per heavy atom. The number of nitrogens with one attached hydrogen (secondary N) is 2. The third-order valence-electron chi connectivity index (χ3n) is 3.32. The van der Waals surface area contributed by atoms with Crippen LogP contribution in [-0.4, -0.2) is 34.4 Å². The van der Waals surface area contributed by atoms with Crippen molar-refractivity contribution in [2.24, 2.45) is 0 Å². The molecule has 1 aromatic heterocycles. The third-order valence-corrected chi connectivity index (χ3v) is 4.08. The van der Waals surface area contributed by atoms with E-state index in [2.05, 4.69) is 15.6 Å². The van der Waals surface area contributed by atoms with Gasteiger partial charge in [-0.25, -0.2) is 4.98 Å². The molecule has 0 spiro atoms. The van der Waals surface area contributed by atoms with Crippen LogP contribution in [0, 0.1) is 0 Å². The van der Waals surface area contributed by atoms with Crippen LogP contribution in [0.2, 0.25) is 0 Å². The number of hydrogen-bond acceptors (Lipinski definition) is 5. The highest BCUT2D eigenvalue weighted by molar-refractivity contribution is 7.14. The molecular formula is C17H19N3O4S. The van der Waals surface area contributed by atoms with Gasteiger partial charge in [-0.3, -0.25) is 14.4 Å². The van der Waals surface area contributed by atoms with E-state index in [0.717, 1.165) is 5.56 Å². The van der Waals surface area contributed by atoms with Gasteiger partial charge >= 0.3 is 5.97 Å². The second-order valence-corrected chi connectivity index (χ2v) is 6.18. The lowest BCUT2D eigenvalue weighted by atomic mass is 10.1. The van der Waals surface area contributed by atoms with Gasteiger partial charge in [-0.2, -0.15) is 0 Å². The van der Waals surface area contributed by atoms with Gasteiger partial charge in [-0.15, -0.1) is 11.3 Å². The van der Waals surface area contributed by atoms with Gasteiger partial charge in [0, 0.05) is 24.8 Å². The molecule has 0 saturated carbocycles. The molecule has 8 heteroatoms. The quantitative estimate of drug-likeness (QED) is 0.594. The minimum atomic E-state index is -0.900. The molecule has 0 fully saturated rings. The lowest BCUT2D eigenvalue weighted by Crippen LogP contribution is -2.25. The average molecular weight is 361 g/mol. The van der Waals surface area contributed by atoms with Gasteiger partial charge in [-0.1, -0.05) is 30.3 Å². The fraction of sp³-hybridized carbons (Fsp3) is 0.294. The number of benzene rings is 1. The van der Waals surface area contributed by atoms with Crippen molar-refractivity contribution in [1.29, 1.82) is 0 Å². The summed E-state index contributed by atoms with van der Waals surface area (Å²) in [7, 11) is 0. The van der Waals surface area contributed by atoms with E-state index < -0.39 is 5.97 Å². The summed E-state index contributed by atoms with van der Waals surface area (Å²) in [5.74, 6) is -1.44. The first-order valence-corrected chi connectivity index (χ1v) is 8.72. The molecule has 0 unspecified atom stereocenters. The Morgan fingerprint density at radius 3 is 2.60 bits per heavy atom. The number of aliphatic carboxylic acids is 1. The van der Waals surface area contributed by atoms with Gasteiger partial charge in [-0.05, 0) is 18.4 Å². The van der Waals surface area contributed by atoms with Crippen LogP contribution >= 0.6 is 11.3 Å². The van der Waals surface area contributed by atoms with E-state index in [0.29, 0.717) is 24.4 Å². The number of thiazole rings is 1. The molecule has 132 valence electrons. The van der Waals surface area contributed by atoms with Crippen molar-refractivity contribution in [2.75, 3.05) is 11.9 Å². The molecule has 0 atom stereocenters. The van der Waals surface area contributed by atoms with Gasteiger partial charge in [0.15, 0.2) is 5.13 Å². The van der Waals surface area contributed by atoms with E-state index >= 15 is 0 Å². The third kappa shape index (κ3) is 6.72. The van der Waals surface area contributed by atoms with Crippen molar-refractivity contribution in [3.05, 3.63) is 47.0 Å². The molecule has 0 aliphatic carbocycles. The Morgan fingerprint density at radius 2 is 1.88 bits per heavy atom. The van der Waals surface area contributed by atoms with Crippen LogP contribution in [0.5, 0.6) is 0 Å². The summed E-state index contributed by atoms with van der Waals surface area (Å²) >= 11 is 1.17. The lowest BCUT2D eigenvalue weighted by molar-refractivity contribution is -0.137. The average Bonchev–Trinajstić information content (AvgIpc) is 3.06. The maximum Gasteiger partial charge on any atom is 0.303 e. The molecule has 0 aliphatic heterocycles. The minimum Gasteiger partial charge on any atom is -0.481 e. The number of carbonyl (C=O) groups is 3. The summed E-state index contributed by atoms with van der Waals surface area (Å²) in [4.78, 5) is 38.3. The van der Waals surface area contributed by atoms with E-state index in [1.54, 1.807) is 5.38 Å². The Hall–Kier alpha value is -2.74. The smallest absolute Gasteiger partial charge is 0.303 e. The van der Waals surface area contributed by atoms with E-state index in [9.17, 15) is 14.4 Å². The van der Waals surface area contributed by atoms with Crippen LogP contribution in [0.1, 0.15) is 35.3 Å². The van der Waals surface area contributed by atoms with E-state index in [4.69, 9.17) is 5.11 Å². The molecule has 0 saturated heterocycles. The number of carboxylic acid groups (broad SMARTS) is 1. The Labute approximate surface area is 149 Å². The predicted molar refractivity (Wildman–Crippen MR) is 94.7 cm³/mol. The number of rotatable bonds is 9. The predicted octanol–water partition coefficient (Wildman–Crippen LogP) is 2.31. The number of aryl methyl sites for hydroxylation is 1. The van der Waals surface area contributed by atoms with E-state index in [1.165, 1.54) is 11.3 Å². The van der Waals surface area contributed by atoms with Gasteiger partial charge in [0.2, 0.25) is 5.91 Å². The summed E-state index contributed by atoms with van der Waals surface area (Å²) in [5, 5.41) is 15.7. The second-order valence-electron chi connectivity index (χ2n) is 5.32. The van der Waals surface area contributed by atoms with Gasteiger partial charge in [0.05, 0.1) is 0 Å². The molecular weight excluding hydrogens is 342 g/mol. The largest absolute Gasteiger partial charge is 0.481 e. The van der Waals surface area contributed by atoms with Crippen molar-refractivity contribution >= 4 is 34.3 Å². The molecule has 1 aromatic carbocycles. The van der Waals surface area contributed by atoms with Crippen LogP contribution in [0.4, 0.5) is 5.13 Å². The molecule has 25 heavy (non-hydrogen) atoms. The Bertz CT molecular complexity index is 731. The first-order chi connectivity index (χ1) is 12.0. The first-order valence-electron chi connectivity index (χ1n) is 7.84. The molecule has 0 aliphatic rings. The Balaban J connectivity index is 1.75. The summed E-state index contributed by atoms with van der Waals surface area (Å²) in [6.07, 6.45) is 1.32. The fourth-order valence-electron chi connectivity index (χ4n) is 2.05. The summed E-state index contributed by atoms with van der Waals surface area (Å²) < 4.78 is 0. The molecule has 1 heterocycles. The van der Waals surface area contributed by atoms with Gasteiger partial charge in [0.25, 0.3) is 5.91 Å². The maximum absolute atomic E-state index is 11.9. The zero-order valence-corrected chi connectivity index (χ0v) is 14.3. The van der Waals surface area contributed by atoms with Crippen LogP contribution < -0.4 is 10.6 Å². The summed E-state index contributed by atoms with van der Waals surface area (Å²) in [5.41, 5.74) is 1.29. The number of nitrogens with zero attached hydrogens (tertiary/aromatic N) is 1. The maximum atomic E-state index is 11.9. The number of carboxylic acids is 1.